The topological polar surface area (TPSA) is 0 Å². The van der Waals surface area contributed by atoms with E-state index in [1.165, 1.54) is 21.9 Å². The van der Waals surface area contributed by atoms with Crippen molar-refractivity contribution in [3.63, 3.8) is 0 Å². The molecule has 1 unspecified atom stereocenters. The summed E-state index contributed by atoms with van der Waals surface area (Å²) >= 11 is 0. The Balaban J connectivity index is 0.000000853. The van der Waals surface area contributed by atoms with Crippen LogP contribution in [0.15, 0.2) is 42.5 Å². The van der Waals surface area contributed by atoms with Crippen molar-refractivity contribution in [3.05, 3.63) is 59.7 Å². The predicted molar refractivity (Wildman–Crippen MR) is 66.4 cm³/mol. The quantitative estimate of drug-likeness (QED) is 0.556. The van der Waals surface area contributed by atoms with Crippen LogP contribution in [0.1, 0.15) is 24.0 Å². The van der Waals surface area contributed by atoms with E-state index in [9.17, 15) is 0 Å². The molecule has 69 valence electrons. The number of hydrogen-bond acceptors (Lipinski definition) is 0. The molecule has 0 heterocycles. The van der Waals surface area contributed by atoms with Crippen LogP contribution in [0, 0.1) is 6.08 Å². The molecule has 2 aromatic carbocycles. The first-order valence-electron chi connectivity index (χ1n) is 4.98. The molecule has 2 aromatic rings. The van der Waals surface area contributed by atoms with Crippen molar-refractivity contribution in [1.29, 1.82) is 0 Å². The molecule has 0 bridgehead atoms. The second kappa shape index (κ2) is 3.89. The number of fused-ring (bicyclic) bond motifs is 3. The van der Waals surface area contributed by atoms with Gasteiger partial charge in [0.15, 0.2) is 0 Å². The fourth-order valence-corrected chi connectivity index (χ4v) is 2.13. The molecule has 1 atom stereocenters. The van der Waals surface area contributed by atoms with E-state index in [1.54, 1.807) is 0 Å². The number of allylic oxidation sites excluding steroid dienone is 1. The molecule has 1 heteroatoms. The van der Waals surface area contributed by atoms with Gasteiger partial charge in [0.2, 0.25) is 0 Å². The second-order valence-corrected chi connectivity index (χ2v) is 3.85. The maximum atomic E-state index is 3.37. The molecule has 0 saturated carbocycles. The summed E-state index contributed by atoms with van der Waals surface area (Å²) in [6.45, 7) is 2.22. The summed E-state index contributed by atoms with van der Waals surface area (Å²) in [5.74, 6) is 0.523. The van der Waals surface area contributed by atoms with Gasteiger partial charge in [-0.1, -0.05) is 49.4 Å². The van der Waals surface area contributed by atoms with Crippen molar-refractivity contribution >= 4 is 29.6 Å². The molecule has 3 rings (SSSR count). The fraction of sp³-hybridized carbons (Fsp3) is 0.143. The van der Waals surface area contributed by atoms with Gasteiger partial charge in [-0.25, -0.2) is 0 Å². The summed E-state index contributed by atoms with van der Waals surface area (Å²) < 4.78 is 0. The number of benzene rings is 2. The van der Waals surface area contributed by atoms with E-state index in [1.807, 2.05) is 0 Å². The van der Waals surface area contributed by atoms with Crippen LogP contribution in [0.2, 0.25) is 0 Å². The van der Waals surface area contributed by atoms with Crippen LogP contribution in [0.5, 0.6) is 0 Å². The predicted octanol–water partition coefficient (Wildman–Crippen LogP) is 3.02. The van der Waals surface area contributed by atoms with Crippen LogP contribution in [-0.2, 0) is 0 Å². The van der Waals surface area contributed by atoms with E-state index in [-0.39, 0.29) is 18.9 Å². The third-order valence-electron chi connectivity index (χ3n) is 2.93. The molecular formula is C14H12Li. The Kier molecular flexibility index (Phi) is 2.74. The molecule has 0 aromatic heterocycles. The van der Waals surface area contributed by atoms with Crippen molar-refractivity contribution in [3.8, 4) is 0 Å². The Morgan fingerprint density at radius 1 is 1.07 bits per heavy atom. The minimum absolute atomic E-state index is 0. The molecule has 0 N–H and O–H groups in total. The van der Waals surface area contributed by atoms with Crippen molar-refractivity contribution in [2.24, 2.45) is 0 Å². The van der Waals surface area contributed by atoms with E-state index in [2.05, 4.69) is 55.5 Å². The van der Waals surface area contributed by atoms with E-state index >= 15 is 0 Å². The molecule has 0 saturated heterocycles. The third kappa shape index (κ3) is 1.55. The Hall–Kier alpha value is -0.963. The molecule has 1 radical (unpaired) electrons. The normalized spacial score (nSPS) is 17.5. The van der Waals surface area contributed by atoms with Crippen molar-refractivity contribution in [2.75, 3.05) is 0 Å². The van der Waals surface area contributed by atoms with Gasteiger partial charge in [-0.15, -0.1) is 0 Å². The first kappa shape index (κ1) is 10.6. The molecule has 15 heavy (non-hydrogen) atoms. The molecule has 0 fully saturated rings. The maximum absolute atomic E-state index is 3.37. The van der Waals surface area contributed by atoms with Gasteiger partial charge in [-0.3, -0.25) is 0 Å². The van der Waals surface area contributed by atoms with Crippen molar-refractivity contribution in [2.45, 2.75) is 12.8 Å². The van der Waals surface area contributed by atoms with Crippen LogP contribution in [-0.4, -0.2) is 18.9 Å². The second-order valence-electron chi connectivity index (χ2n) is 3.85. The SMILES string of the molecule is CC1C=[C]c2c1ccc1ccccc21.[LiH]. The molecule has 0 nitrogen and oxygen atoms in total. The van der Waals surface area contributed by atoms with Gasteiger partial charge in [0.05, 0.1) is 0 Å². The molecule has 0 amide bonds. The summed E-state index contributed by atoms with van der Waals surface area (Å²) in [5, 5.41) is 2.63. The third-order valence-corrected chi connectivity index (χ3v) is 2.93. The Labute approximate surface area is 102 Å². The minimum atomic E-state index is 0. The Morgan fingerprint density at radius 2 is 1.87 bits per heavy atom. The molecule has 1 aliphatic carbocycles. The molecule has 1 aliphatic rings. The number of hydrogen-bond donors (Lipinski definition) is 0. The summed E-state index contributed by atoms with van der Waals surface area (Å²) in [6, 6.07) is 12.9. The van der Waals surface area contributed by atoms with Gasteiger partial charge >= 0.3 is 18.9 Å². The van der Waals surface area contributed by atoms with Crippen LogP contribution in [0.4, 0.5) is 0 Å². The first-order chi connectivity index (χ1) is 6.86. The molecular weight excluding hydrogens is 175 g/mol. The van der Waals surface area contributed by atoms with E-state index in [0.29, 0.717) is 5.92 Å². The summed E-state index contributed by atoms with van der Waals surface area (Å²) in [6.07, 6.45) is 5.52. The standard InChI is InChI=1S/C14H11.Li.H/c1-10-6-8-14-12(10)9-7-11-4-2-3-5-13(11)14;;/h2-7,9-10H,1H3;;. The van der Waals surface area contributed by atoms with Gasteiger partial charge in [0.25, 0.3) is 0 Å². The molecule has 0 spiro atoms. The van der Waals surface area contributed by atoms with Crippen LogP contribution in [0.3, 0.4) is 0 Å². The Morgan fingerprint density at radius 3 is 2.73 bits per heavy atom. The van der Waals surface area contributed by atoms with Crippen LogP contribution >= 0.6 is 0 Å². The van der Waals surface area contributed by atoms with E-state index in [4.69, 9.17) is 0 Å². The van der Waals surface area contributed by atoms with Gasteiger partial charge in [0.1, 0.15) is 0 Å². The van der Waals surface area contributed by atoms with Crippen LogP contribution < -0.4 is 0 Å². The number of rotatable bonds is 0. The zero-order valence-corrected chi connectivity index (χ0v) is 8.12. The summed E-state index contributed by atoms with van der Waals surface area (Å²) in [5.41, 5.74) is 2.69. The monoisotopic (exact) mass is 187 g/mol. The van der Waals surface area contributed by atoms with Crippen molar-refractivity contribution < 1.29 is 0 Å². The average molecular weight is 187 g/mol. The van der Waals surface area contributed by atoms with E-state index < -0.39 is 0 Å². The van der Waals surface area contributed by atoms with Gasteiger partial charge in [-0.2, -0.15) is 0 Å². The van der Waals surface area contributed by atoms with Gasteiger partial charge < -0.3 is 0 Å². The van der Waals surface area contributed by atoms with Gasteiger partial charge in [-0.05, 0) is 28.0 Å². The fourth-order valence-electron chi connectivity index (χ4n) is 2.13. The summed E-state index contributed by atoms with van der Waals surface area (Å²) in [7, 11) is 0. The summed E-state index contributed by atoms with van der Waals surface area (Å²) in [4.78, 5) is 0. The van der Waals surface area contributed by atoms with Gasteiger partial charge in [0, 0.05) is 5.92 Å². The zero-order chi connectivity index (χ0) is 9.54. The van der Waals surface area contributed by atoms with Crippen molar-refractivity contribution in [1.82, 2.24) is 0 Å². The average Bonchev–Trinajstić information content (AvgIpc) is 2.61. The van der Waals surface area contributed by atoms with Crippen LogP contribution in [0.25, 0.3) is 10.8 Å². The Bertz CT molecular complexity index is 526. The zero-order valence-electron chi connectivity index (χ0n) is 8.12. The van der Waals surface area contributed by atoms with E-state index in [0.717, 1.165) is 0 Å². The molecule has 0 aliphatic heterocycles. The first-order valence-corrected chi connectivity index (χ1v) is 4.98.